The highest BCUT2D eigenvalue weighted by Gasteiger charge is 2.21. The average Bonchev–Trinajstić information content (AvgIpc) is 2.54. The fourth-order valence-corrected chi connectivity index (χ4v) is 2.23. The third-order valence-electron chi connectivity index (χ3n) is 4.05. The molecule has 0 aromatic carbocycles. The molecule has 4 atom stereocenters. The van der Waals surface area contributed by atoms with Crippen LogP contribution in [0, 0.1) is 23.7 Å². The summed E-state index contributed by atoms with van der Waals surface area (Å²) in [6.07, 6.45) is 4.72. The molecule has 0 saturated carbocycles. The highest BCUT2D eigenvalue weighted by Crippen LogP contribution is 2.16. The summed E-state index contributed by atoms with van der Waals surface area (Å²) >= 11 is 5.26. The zero-order valence-electron chi connectivity index (χ0n) is 20.0. The van der Waals surface area contributed by atoms with E-state index in [0.29, 0.717) is 5.92 Å². The number of rotatable bonds is 7. The Labute approximate surface area is 203 Å². The molecule has 0 aliphatic heterocycles. The Bertz CT molecular complexity index is 814. The van der Waals surface area contributed by atoms with Crippen molar-refractivity contribution in [3.8, 4) is 0 Å². The molecular weight excluding hydrogens is 527 g/mol. The number of primary sulfonamides is 1. The topological polar surface area (TPSA) is 175 Å². The lowest BCUT2D eigenvalue weighted by Crippen LogP contribution is -2.36. The molecule has 0 aliphatic carbocycles. The van der Waals surface area contributed by atoms with E-state index in [1.165, 1.54) is 0 Å². The second kappa shape index (κ2) is 17.9. The van der Waals surface area contributed by atoms with Gasteiger partial charge < -0.3 is 0 Å². The molecule has 0 aromatic heterocycles. The van der Waals surface area contributed by atoms with Gasteiger partial charge in [-0.15, -0.1) is 0 Å². The fourth-order valence-electron chi connectivity index (χ4n) is 1.46. The van der Waals surface area contributed by atoms with Gasteiger partial charge in [0, 0.05) is 22.5 Å². The minimum absolute atomic E-state index is 0.0108. The van der Waals surface area contributed by atoms with E-state index in [4.69, 9.17) is 11.6 Å². The Morgan fingerprint density at radius 3 is 1.22 bits per heavy atom. The molecule has 196 valence electrons. The number of hydrogen-bond donors (Lipinski definition) is 2. The van der Waals surface area contributed by atoms with Gasteiger partial charge in [0.05, 0.1) is 18.8 Å². The number of carbonyl (C=O) groups is 2. The van der Waals surface area contributed by atoms with E-state index in [0.717, 1.165) is 31.6 Å². The molecule has 0 rings (SSSR count). The highest BCUT2D eigenvalue weighted by atomic mass is 35.7. The van der Waals surface area contributed by atoms with Crippen molar-refractivity contribution in [2.24, 2.45) is 28.8 Å². The molecule has 0 spiro atoms. The van der Waals surface area contributed by atoms with E-state index in [9.17, 15) is 34.8 Å². The molecule has 0 saturated heterocycles. The summed E-state index contributed by atoms with van der Waals surface area (Å²) in [6.45, 7) is 11.6. The molecule has 0 aliphatic rings. The first-order valence-electron chi connectivity index (χ1n) is 9.45. The SMILES string of the molecule is CCC(C)C(C)C(=O)Cl.CCC(C)C(C)C(=O)NS(C)(=O)=O.CS(=O)(=O)Cl.CS(N)(=O)=O. The van der Waals surface area contributed by atoms with Crippen molar-refractivity contribution in [1.29, 1.82) is 0 Å². The monoisotopic (exact) mass is 564 g/mol. The minimum atomic E-state index is -3.41. The summed E-state index contributed by atoms with van der Waals surface area (Å²) in [5.41, 5.74) is 0. The predicted octanol–water partition coefficient (Wildman–Crippen LogP) is 2.27. The predicted molar refractivity (Wildman–Crippen MR) is 131 cm³/mol. The maximum absolute atomic E-state index is 11.3. The first kappa shape index (κ1) is 38.8. The maximum atomic E-state index is 11.3. The quantitative estimate of drug-likeness (QED) is 0.442. The molecule has 4 unspecified atom stereocenters. The van der Waals surface area contributed by atoms with Crippen molar-refractivity contribution in [2.45, 2.75) is 54.4 Å². The van der Waals surface area contributed by atoms with E-state index in [1.807, 2.05) is 32.4 Å². The van der Waals surface area contributed by atoms with Crippen molar-refractivity contribution in [1.82, 2.24) is 4.72 Å². The molecular formula is C17H38Cl2N2O8S3. The van der Waals surface area contributed by atoms with E-state index in [1.54, 1.807) is 6.92 Å². The Kier molecular flexibility index (Phi) is 21.7. The van der Waals surface area contributed by atoms with Crippen LogP contribution in [-0.2, 0) is 38.7 Å². The Hall–Kier alpha value is -0.470. The first-order chi connectivity index (χ1) is 13.9. The van der Waals surface area contributed by atoms with Gasteiger partial charge in [-0.3, -0.25) is 14.3 Å². The normalized spacial score (nSPS) is 15.0. The lowest BCUT2D eigenvalue weighted by molar-refractivity contribution is -0.124. The van der Waals surface area contributed by atoms with Crippen LogP contribution in [0.5, 0.6) is 0 Å². The second-order valence-electron chi connectivity index (χ2n) is 7.40. The highest BCUT2D eigenvalue weighted by molar-refractivity contribution is 8.13. The molecule has 0 radical (unpaired) electrons. The van der Waals surface area contributed by atoms with E-state index in [2.05, 4.69) is 22.7 Å². The number of carbonyl (C=O) groups excluding carboxylic acids is 2. The third kappa shape index (κ3) is 39.9. The van der Waals surface area contributed by atoms with Gasteiger partial charge >= 0.3 is 0 Å². The van der Waals surface area contributed by atoms with E-state index < -0.39 is 35.0 Å². The molecule has 0 aromatic rings. The summed E-state index contributed by atoms with van der Waals surface area (Å²) in [5, 5.41) is 4.11. The smallest absolute Gasteiger partial charge is 0.236 e. The van der Waals surface area contributed by atoms with Gasteiger partial charge in [-0.25, -0.2) is 30.4 Å². The van der Waals surface area contributed by atoms with Gasteiger partial charge in [0.25, 0.3) is 0 Å². The number of nitrogens with one attached hydrogen (secondary N) is 1. The van der Waals surface area contributed by atoms with Crippen LogP contribution in [-0.4, -0.2) is 55.2 Å². The lowest BCUT2D eigenvalue weighted by atomic mass is 9.93. The second-order valence-corrected chi connectivity index (χ2v) is 14.2. The summed E-state index contributed by atoms with van der Waals surface area (Å²) in [4.78, 5) is 21.8. The van der Waals surface area contributed by atoms with Crippen LogP contribution in [0.1, 0.15) is 54.4 Å². The standard InChI is InChI=1S/C8H17NO3S.C7H13ClO.CH3ClO2S.CH5NO2S/c1-5-6(2)7(3)8(10)9-13(4,11)12;1-4-5(2)6(3)7(8)9;2*1-5(2,3)4/h6-7H,5H2,1-4H3,(H,9,10);5-6H,4H2,1-3H3;1H3;1H3,(H2,2,3,4). The number of halogens is 2. The first-order valence-corrected chi connectivity index (χ1v) is 16.4. The van der Waals surface area contributed by atoms with Crippen LogP contribution in [0.4, 0.5) is 0 Å². The van der Waals surface area contributed by atoms with Crippen LogP contribution >= 0.6 is 22.3 Å². The molecule has 1 amide bonds. The Morgan fingerprint density at radius 1 is 0.812 bits per heavy atom. The summed E-state index contributed by atoms with van der Waals surface area (Å²) in [5.74, 6) is -0.0648. The molecule has 10 nitrogen and oxygen atoms in total. The van der Waals surface area contributed by atoms with E-state index >= 15 is 0 Å². The largest absolute Gasteiger partial charge is 0.281 e. The number of sulfonamides is 2. The zero-order chi connectivity index (χ0) is 27.1. The molecule has 0 fully saturated rings. The molecule has 15 heteroatoms. The van der Waals surface area contributed by atoms with Gasteiger partial charge in [-0.2, -0.15) is 0 Å². The summed E-state index contributed by atoms with van der Waals surface area (Å²) in [6, 6.07) is 0. The van der Waals surface area contributed by atoms with Crippen LogP contribution in [0.3, 0.4) is 0 Å². The van der Waals surface area contributed by atoms with Crippen molar-refractivity contribution in [2.75, 3.05) is 18.8 Å². The average molecular weight is 566 g/mol. The lowest BCUT2D eigenvalue weighted by Gasteiger charge is -2.16. The van der Waals surface area contributed by atoms with Crippen molar-refractivity contribution >= 4 is 62.5 Å². The Balaban J connectivity index is -0.000000179. The zero-order valence-corrected chi connectivity index (χ0v) is 24.0. The van der Waals surface area contributed by atoms with Crippen molar-refractivity contribution in [3.63, 3.8) is 0 Å². The van der Waals surface area contributed by atoms with Gasteiger partial charge in [0.2, 0.25) is 40.2 Å². The van der Waals surface area contributed by atoms with Gasteiger partial charge in [-0.05, 0) is 23.4 Å². The summed E-state index contributed by atoms with van der Waals surface area (Å²) in [7, 11) is -5.27. The van der Waals surface area contributed by atoms with Crippen LogP contribution in [0.2, 0.25) is 0 Å². The number of hydrogen-bond acceptors (Lipinski definition) is 8. The molecule has 0 bridgehead atoms. The van der Waals surface area contributed by atoms with E-state index in [-0.39, 0.29) is 23.0 Å². The van der Waals surface area contributed by atoms with Crippen molar-refractivity contribution in [3.05, 3.63) is 0 Å². The number of amides is 1. The summed E-state index contributed by atoms with van der Waals surface area (Å²) < 4.78 is 61.0. The van der Waals surface area contributed by atoms with Crippen molar-refractivity contribution < 1.29 is 34.8 Å². The van der Waals surface area contributed by atoms with Gasteiger partial charge in [-0.1, -0.05) is 54.4 Å². The Morgan fingerprint density at radius 2 is 1.06 bits per heavy atom. The minimum Gasteiger partial charge on any atom is -0.281 e. The third-order valence-corrected chi connectivity index (χ3v) is 4.97. The molecule has 3 N–H and O–H groups in total. The maximum Gasteiger partial charge on any atom is 0.236 e. The number of nitrogens with two attached hydrogens (primary N) is 1. The fraction of sp³-hybridized carbons (Fsp3) is 0.882. The molecule has 32 heavy (non-hydrogen) atoms. The van der Waals surface area contributed by atoms with Crippen LogP contribution in [0.15, 0.2) is 0 Å². The van der Waals surface area contributed by atoms with Gasteiger partial charge in [0.15, 0.2) is 0 Å². The van der Waals surface area contributed by atoms with Crippen LogP contribution in [0.25, 0.3) is 0 Å². The molecule has 0 heterocycles. The van der Waals surface area contributed by atoms with Gasteiger partial charge in [0.1, 0.15) is 0 Å². The van der Waals surface area contributed by atoms with Crippen LogP contribution < -0.4 is 9.86 Å².